The van der Waals surface area contributed by atoms with E-state index in [1.165, 1.54) is 6.20 Å². The largest absolute Gasteiger partial charge is 0.347 e. The Bertz CT molecular complexity index is 980. The number of hydrogen-bond donors (Lipinski definition) is 2. The molecule has 3 aromatic rings. The summed E-state index contributed by atoms with van der Waals surface area (Å²) in [5.74, 6) is 0.666. The van der Waals surface area contributed by atoms with Crippen LogP contribution >= 0.6 is 0 Å². The Labute approximate surface area is 162 Å². The van der Waals surface area contributed by atoms with E-state index in [4.69, 9.17) is 0 Å². The standard InChI is InChI=1S/C21H21N5O2/c27-20(16-4-3-10-22-13-16)25-17-8-6-15(7-9-17)12-24-21(28)18-14-23-19-5-1-2-11-26(18)19/h3-4,6-10,13-14H,1-2,5,11-12H2,(H,24,28)(H,25,27). The third-order valence-electron chi connectivity index (χ3n) is 4.79. The van der Waals surface area contributed by atoms with Crippen molar-refractivity contribution in [3.63, 3.8) is 0 Å². The molecule has 0 fully saturated rings. The van der Waals surface area contributed by atoms with E-state index in [0.29, 0.717) is 23.5 Å². The molecule has 142 valence electrons. The van der Waals surface area contributed by atoms with Gasteiger partial charge in [0.2, 0.25) is 0 Å². The van der Waals surface area contributed by atoms with E-state index in [2.05, 4.69) is 20.6 Å². The first kappa shape index (κ1) is 17.9. The van der Waals surface area contributed by atoms with E-state index in [0.717, 1.165) is 37.2 Å². The molecule has 0 saturated carbocycles. The summed E-state index contributed by atoms with van der Waals surface area (Å²) in [6.45, 7) is 1.26. The van der Waals surface area contributed by atoms with E-state index < -0.39 is 0 Å². The van der Waals surface area contributed by atoms with Crippen molar-refractivity contribution in [2.45, 2.75) is 32.4 Å². The highest BCUT2D eigenvalue weighted by Gasteiger charge is 2.18. The number of nitrogens with zero attached hydrogens (tertiary/aromatic N) is 3. The zero-order valence-electron chi connectivity index (χ0n) is 15.4. The van der Waals surface area contributed by atoms with Gasteiger partial charge >= 0.3 is 0 Å². The molecule has 1 aliphatic heterocycles. The summed E-state index contributed by atoms with van der Waals surface area (Å²) in [4.78, 5) is 32.9. The normalized spacial score (nSPS) is 12.9. The van der Waals surface area contributed by atoms with E-state index in [9.17, 15) is 9.59 Å². The highest BCUT2D eigenvalue weighted by Crippen LogP contribution is 2.16. The molecule has 7 heteroatoms. The summed E-state index contributed by atoms with van der Waals surface area (Å²) in [6.07, 6.45) is 7.94. The van der Waals surface area contributed by atoms with Gasteiger partial charge in [-0.05, 0) is 42.7 Å². The number of carbonyl (C=O) groups is 2. The molecule has 2 N–H and O–H groups in total. The van der Waals surface area contributed by atoms with E-state index in [1.54, 1.807) is 24.5 Å². The number of aromatic nitrogens is 3. The summed E-state index contributed by atoms with van der Waals surface area (Å²) in [5.41, 5.74) is 2.76. The number of nitrogens with one attached hydrogen (secondary N) is 2. The lowest BCUT2D eigenvalue weighted by Crippen LogP contribution is -2.26. The fourth-order valence-corrected chi connectivity index (χ4v) is 3.28. The maximum atomic E-state index is 12.5. The molecule has 28 heavy (non-hydrogen) atoms. The summed E-state index contributed by atoms with van der Waals surface area (Å²) in [7, 11) is 0. The summed E-state index contributed by atoms with van der Waals surface area (Å²) in [6, 6.07) is 10.8. The molecule has 3 heterocycles. The van der Waals surface area contributed by atoms with Crippen LogP contribution in [0.2, 0.25) is 0 Å². The lowest BCUT2D eigenvalue weighted by Gasteiger charge is -2.16. The predicted octanol–water partition coefficient (Wildman–Crippen LogP) is 2.80. The molecule has 0 atom stereocenters. The molecule has 7 nitrogen and oxygen atoms in total. The quantitative estimate of drug-likeness (QED) is 0.718. The Kier molecular flexibility index (Phi) is 5.14. The molecule has 2 amide bonds. The van der Waals surface area contributed by atoms with Crippen LogP contribution in [0.15, 0.2) is 55.0 Å². The average Bonchev–Trinajstić information content (AvgIpc) is 3.18. The van der Waals surface area contributed by atoms with Gasteiger partial charge in [-0.2, -0.15) is 0 Å². The van der Waals surface area contributed by atoms with Gasteiger partial charge in [0.25, 0.3) is 11.8 Å². The maximum Gasteiger partial charge on any atom is 0.269 e. The van der Waals surface area contributed by atoms with Crippen molar-refractivity contribution in [1.29, 1.82) is 0 Å². The molecular formula is C21H21N5O2. The zero-order chi connectivity index (χ0) is 19.3. The number of benzene rings is 1. The highest BCUT2D eigenvalue weighted by molar-refractivity contribution is 6.04. The van der Waals surface area contributed by atoms with Gasteiger partial charge in [-0.1, -0.05) is 12.1 Å². The van der Waals surface area contributed by atoms with Gasteiger partial charge in [0.05, 0.1) is 11.8 Å². The topological polar surface area (TPSA) is 88.9 Å². The van der Waals surface area contributed by atoms with Crippen LogP contribution in [0.4, 0.5) is 5.69 Å². The first-order chi connectivity index (χ1) is 13.7. The number of amides is 2. The fraction of sp³-hybridized carbons (Fsp3) is 0.238. The minimum Gasteiger partial charge on any atom is -0.347 e. The Balaban J connectivity index is 1.34. The van der Waals surface area contributed by atoms with E-state index in [1.807, 2.05) is 28.8 Å². The summed E-state index contributed by atoms with van der Waals surface area (Å²) in [5, 5.41) is 5.77. The van der Waals surface area contributed by atoms with Crippen molar-refractivity contribution < 1.29 is 9.59 Å². The van der Waals surface area contributed by atoms with Crippen molar-refractivity contribution in [2.75, 3.05) is 5.32 Å². The molecule has 0 unspecified atom stereocenters. The highest BCUT2D eigenvalue weighted by atomic mass is 16.2. The van der Waals surface area contributed by atoms with Gasteiger partial charge in [0.15, 0.2) is 0 Å². The number of hydrogen-bond acceptors (Lipinski definition) is 4. The molecule has 0 aliphatic carbocycles. The molecular weight excluding hydrogens is 354 g/mol. The van der Waals surface area contributed by atoms with Gasteiger partial charge in [-0.3, -0.25) is 14.6 Å². The number of imidazole rings is 1. The lowest BCUT2D eigenvalue weighted by atomic mass is 10.1. The van der Waals surface area contributed by atoms with Gasteiger partial charge < -0.3 is 15.2 Å². The number of fused-ring (bicyclic) bond motifs is 1. The van der Waals surface area contributed by atoms with E-state index >= 15 is 0 Å². The van der Waals surface area contributed by atoms with Crippen LogP contribution in [0, 0.1) is 0 Å². The van der Waals surface area contributed by atoms with Crippen molar-refractivity contribution in [3.8, 4) is 0 Å². The molecule has 1 aromatic carbocycles. The SMILES string of the molecule is O=C(Nc1ccc(CNC(=O)c2cnc3n2CCCC3)cc1)c1cccnc1. The monoisotopic (exact) mass is 375 g/mol. The van der Waals surface area contributed by atoms with E-state index in [-0.39, 0.29) is 11.8 Å². The molecule has 4 rings (SSSR count). The average molecular weight is 375 g/mol. The predicted molar refractivity (Wildman–Crippen MR) is 105 cm³/mol. The first-order valence-electron chi connectivity index (χ1n) is 9.33. The summed E-state index contributed by atoms with van der Waals surface area (Å²) >= 11 is 0. The van der Waals surface area contributed by atoms with Crippen LogP contribution in [0.1, 0.15) is 45.1 Å². The van der Waals surface area contributed by atoms with Gasteiger partial charge in [-0.15, -0.1) is 0 Å². The van der Waals surface area contributed by atoms with Crippen LogP contribution in [0.25, 0.3) is 0 Å². The third-order valence-corrected chi connectivity index (χ3v) is 4.79. The molecule has 0 spiro atoms. The number of aryl methyl sites for hydroxylation is 1. The maximum absolute atomic E-state index is 12.5. The van der Waals surface area contributed by atoms with Gasteiger partial charge in [-0.25, -0.2) is 4.98 Å². The number of anilines is 1. The van der Waals surface area contributed by atoms with Crippen molar-refractivity contribution in [1.82, 2.24) is 19.9 Å². The molecule has 1 aliphatic rings. The lowest BCUT2D eigenvalue weighted by molar-refractivity contribution is 0.0939. The van der Waals surface area contributed by atoms with Crippen LogP contribution < -0.4 is 10.6 Å². The second kappa shape index (κ2) is 8.04. The Morgan fingerprint density at radius 3 is 2.68 bits per heavy atom. The minimum absolute atomic E-state index is 0.116. The molecule has 0 bridgehead atoms. The van der Waals surface area contributed by atoms with Crippen molar-refractivity contribution in [2.24, 2.45) is 0 Å². The Morgan fingerprint density at radius 1 is 1.04 bits per heavy atom. The Hall–Kier alpha value is -3.48. The second-order valence-electron chi connectivity index (χ2n) is 6.74. The van der Waals surface area contributed by atoms with Gasteiger partial charge in [0.1, 0.15) is 11.5 Å². The number of carbonyl (C=O) groups excluding carboxylic acids is 2. The van der Waals surface area contributed by atoms with Crippen LogP contribution in [-0.4, -0.2) is 26.3 Å². The van der Waals surface area contributed by atoms with Crippen molar-refractivity contribution >= 4 is 17.5 Å². The zero-order valence-corrected chi connectivity index (χ0v) is 15.4. The molecule has 0 radical (unpaired) electrons. The van der Waals surface area contributed by atoms with Crippen LogP contribution in [0.3, 0.4) is 0 Å². The number of pyridine rings is 1. The molecule has 0 saturated heterocycles. The van der Waals surface area contributed by atoms with Crippen molar-refractivity contribution in [3.05, 3.63) is 77.6 Å². The minimum atomic E-state index is -0.209. The molecule has 2 aromatic heterocycles. The fourth-order valence-electron chi connectivity index (χ4n) is 3.28. The van der Waals surface area contributed by atoms with Crippen LogP contribution in [0.5, 0.6) is 0 Å². The third kappa shape index (κ3) is 3.93. The number of rotatable bonds is 5. The van der Waals surface area contributed by atoms with Crippen LogP contribution in [-0.2, 0) is 19.5 Å². The smallest absolute Gasteiger partial charge is 0.269 e. The second-order valence-corrected chi connectivity index (χ2v) is 6.74. The summed E-state index contributed by atoms with van der Waals surface area (Å²) < 4.78 is 2.01. The first-order valence-corrected chi connectivity index (χ1v) is 9.33. The van der Waals surface area contributed by atoms with Gasteiger partial charge in [0, 0.05) is 37.6 Å². The Morgan fingerprint density at radius 2 is 1.89 bits per heavy atom.